The van der Waals surface area contributed by atoms with Gasteiger partial charge in [0, 0.05) is 24.2 Å². The van der Waals surface area contributed by atoms with Gasteiger partial charge in [0.2, 0.25) is 10.0 Å². The number of carbonyl (C=O) groups is 1. The number of morpholine rings is 1. The molecule has 1 aromatic carbocycles. The molecule has 0 unspecified atom stereocenters. The maximum atomic E-state index is 12.7. The fourth-order valence-corrected chi connectivity index (χ4v) is 4.65. The molecule has 1 saturated heterocycles. The first-order valence-corrected chi connectivity index (χ1v) is 10.1. The van der Waals surface area contributed by atoms with E-state index in [9.17, 15) is 13.2 Å². The van der Waals surface area contributed by atoms with Gasteiger partial charge in [0.25, 0.3) is 5.91 Å². The summed E-state index contributed by atoms with van der Waals surface area (Å²) in [6, 6.07) is 4.11. The molecule has 1 amide bonds. The van der Waals surface area contributed by atoms with Gasteiger partial charge in [-0.05, 0) is 25.1 Å². The molecule has 2 heterocycles. The predicted octanol–water partition coefficient (Wildman–Crippen LogP) is 2.38. The lowest BCUT2D eigenvalue weighted by Crippen LogP contribution is -2.40. The Bertz CT molecular complexity index is 892. The van der Waals surface area contributed by atoms with Crippen molar-refractivity contribution in [3.05, 3.63) is 39.9 Å². The number of sulfonamides is 1. The summed E-state index contributed by atoms with van der Waals surface area (Å²) >= 11 is 7.41. The van der Waals surface area contributed by atoms with Crippen LogP contribution in [0.3, 0.4) is 0 Å². The van der Waals surface area contributed by atoms with Crippen molar-refractivity contribution < 1.29 is 17.9 Å². The average Bonchev–Trinajstić information content (AvgIpc) is 3.00. The van der Waals surface area contributed by atoms with Gasteiger partial charge in [-0.3, -0.25) is 10.1 Å². The lowest BCUT2D eigenvalue weighted by Gasteiger charge is -2.26. The van der Waals surface area contributed by atoms with Crippen molar-refractivity contribution in [1.82, 2.24) is 9.29 Å². The SMILES string of the molecule is Cc1cnc(NC(=O)c2cc(S(=O)(=O)N3CCOCC3)ccc2Cl)s1. The molecule has 0 saturated carbocycles. The van der Waals surface area contributed by atoms with E-state index in [2.05, 4.69) is 10.3 Å². The zero-order valence-electron chi connectivity index (χ0n) is 13.4. The molecule has 1 N–H and O–H groups in total. The molecule has 10 heteroatoms. The second-order valence-electron chi connectivity index (χ2n) is 5.39. The van der Waals surface area contributed by atoms with Crippen LogP contribution in [0.5, 0.6) is 0 Å². The van der Waals surface area contributed by atoms with Gasteiger partial charge in [-0.1, -0.05) is 11.6 Å². The summed E-state index contributed by atoms with van der Waals surface area (Å²) in [7, 11) is -3.70. The number of nitrogens with zero attached hydrogens (tertiary/aromatic N) is 2. The molecule has 1 fully saturated rings. The number of aryl methyl sites for hydroxylation is 1. The standard InChI is InChI=1S/C15H16ClN3O4S2/c1-10-9-17-15(24-10)18-14(20)12-8-11(2-3-13(12)16)25(21,22)19-4-6-23-7-5-19/h2-3,8-9H,4-7H2,1H3,(H,17,18,20). The van der Waals surface area contributed by atoms with E-state index < -0.39 is 15.9 Å². The van der Waals surface area contributed by atoms with Crippen LogP contribution < -0.4 is 5.32 Å². The molecule has 25 heavy (non-hydrogen) atoms. The van der Waals surface area contributed by atoms with E-state index >= 15 is 0 Å². The zero-order chi connectivity index (χ0) is 18.0. The fourth-order valence-electron chi connectivity index (χ4n) is 2.35. The Balaban J connectivity index is 1.88. The van der Waals surface area contributed by atoms with E-state index in [1.807, 2.05) is 6.92 Å². The Morgan fingerprint density at radius 2 is 2.08 bits per heavy atom. The molecule has 1 aliphatic heterocycles. The van der Waals surface area contributed by atoms with Crippen LogP contribution in [0.25, 0.3) is 0 Å². The van der Waals surface area contributed by atoms with E-state index in [1.165, 1.54) is 33.8 Å². The Hall–Kier alpha value is -1.52. The van der Waals surface area contributed by atoms with Gasteiger partial charge in [0.15, 0.2) is 5.13 Å². The van der Waals surface area contributed by atoms with Gasteiger partial charge in [0.1, 0.15) is 0 Å². The molecular weight excluding hydrogens is 386 g/mol. The highest BCUT2D eigenvalue weighted by Gasteiger charge is 2.27. The summed E-state index contributed by atoms with van der Waals surface area (Å²) < 4.78 is 32.0. The Morgan fingerprint density at radius 3 is 2.72 bits per heavy atom. The van der Waals surface area contributed by atoms with E-state index in [4.69, 9.17) is 16.3 Å². The minimum Gasteiger partial charge on any atom is -0.379 e. The molecule has 1 aromatic heterocycles. The van der Waals surface area contributed by atoms with Crippen LogP contribution in [0.15, 0.2) is 29.3 Å². The smallest absolute Gasteiger partial charge is 0.259 e. The first kappa shape index (κ1) is 18.3. The number of hydrogen-bond donors (Lipinski definition) is 1. The zero-order valence-corrected chi connectivity index (χ0v) is 15.7. The number of nitrogens with one attached hydrogen (secondary N) is 1. The summed E-state index contributed by atoms with van der Waals surface area (Å²) in [4.78, 5) is 17.5. The molecule has 0 radical (unpaired) electrons. The first-order valence-electron chi connectivity index (χ1n) is 7.49. The van der Waals surface area contributed by atoms with Gasteiger partial charge in [-0.15, -0.1) is 11.3 Å². The summed E-state index contributed by atoms with van der Waals surface area (Å²) in [5.74, 6) is -0.502. The monoisotopic (exact) mass is 401 g/mol. The van der Waals surface area contributed by atoms with Gasteiger partial charge in [0.05, 0.1) is 28.7 Å². The number of halogens is 1. The van der Waals surface area contributed by atoms with E-state index in [0.717, 1.165) is 4.88 Å². The number of rotatable bonds is 4. The summed E-state index contributed by atoms with van der Waals surface area (Å²) in [6.45, 7) is 3.14. The van der Waals surface area contributed by atoms with Crippen molar-refractivity contribution in [2.45, 2.75) is 11.8 Å². The van der Waals surface area contributed by atoms with E-state index in [1.54, 1.807) is 6.20 Å². The molecule has 0 atom stereocenters. The number of hydrogen-bond acceptors (Lipinski definition) is 6. The van der Waals surface area contributed by atoms with Crippen molar-refractivity contribution in [2.75, 3.05) is 31.6 Å². The highest BCUT2D eigenvalue weighted by Crippen LogP contribution is 2.25. The second-order valence-corrected chi connectivity index (χ2v) is 8.97. The number of aromatic nitrogens is 1. The number of ether oxygens (including phenoxy) is 1. The van der Waals surface area contributed by atoms with Gasteiger partial charge in [-0.2, -0.15) is 4.31 Å². The maximum absolute atomic E-state index is 12.7. The molecule has 2 aromatic rings. The van der Waals surface area contributed by atoms with Crippen LogP contribution in [-0.2, 0) is 14.8 Å². The van der Waals surface area contributed by atoms with Gasteiger partial charge < -0.3 is 4.74 Å². The Labute approximate surface area is 154 Å². The molecule has 134 valence electrons. The van der Waals surface area contributed by atoms with Crippen LogP contribution in [0, 0.1) is 6.92 Å². The van der Waals surface area contributed by atoms with Crippen molar-refractivity contribution in [2.24, 2.45) is 0 Å². The number of carbonyl (C=O) groups excluding carboxylic acids is 1. The van der Waals surface area contributed by atoms with Crippen LogP contribution in [0.4, 0.5) is 5.13 Å². The summed E-state index contributed by atoms with van der Waals surface area (Å²) in [5.41, 5.74) is 0.0869. The van der Waals surface area contributed by atoms with Gasteiger partial charge in [-0.25, -0.2) is 13.4 Å². The maximum Gasteiger partial charge on any atom is 0.259 e. The largest absolute Gasteiger partial charge is 0.379 e. The minimum absolute atomic E-state index is 0.0271. The first-order chi connectivity index (χ1) is 11.9. The highest BCUT2D eigenvalue weighted by atomic mass is 35.5. The highest BCUT2D eigenvalue weighted by molar-refractivity contribution is 7.89. The third kappa shape index (κ3) is 4.01. The van der Waals surface area contributed by atoms with Crippen LogP contribution in [-0.4, -0.2) is 49.9 Å². The van der Waals surface area contributed by atoms with Crippen LogP contribution in [0.2, 0.25) is 5.02 Å². The Kier molecular flexibility index (Phi) is 5.40. The fraction of sp³-hybridized carbons (Fsp3) is 0.333. The number of thiazole rings is 1. The lowest BCUT2D eigenvalue weighted by atomic mass is 10.2. The Morgan fingerprint density at radius 1 is 1.36 bits per heavy atom. The number of amides is 1. The molecule has 1 aliphatic rings. The van der Waals surface area contributed by atoms with Gasteiger partial charge >= 0.3 is 0 Å². The quantitative estimate of drug-likeness (QED) is 0.849. The lowest BCUT2D eigenvalue weighted by molar-refractivity contribution is 0.0730. The van der Waals surface area contributed by atoms with Crippen molar-refractivity contribution >= 4 is 44.0 Å². The molecular formula is C15H16ClN3O4S2. The van der Waals surface area contributed by atoms with Crippen molar-refractivity contribution in [1.29, 1.82) is 0 Å². The summed E-state index contributed by atoms with van der Waals surface area (Å²) in [6.07, 6.45) is 1.64. The predicted molar refractivity (Wildman–Crippen MR) is 95.8 cm³/mol. The molecule has 0 aliphatic carbocycles. The number of anilines is 1. The summed E-state index contributed by atoms with van der Waals surface area (Å²) in [5, 5.41) is 3.24. The van der Waals surface area contributed by atoms with Crippen molar-refractivity contribution in [3.63, 3.8) is 0 Å². The topological polar surface area (TPSA) is 88.6 Å². The molecule has 0 spiro atoms. The van der Waals surface area contributed by atoms with E-state index in [-0.39, 0.29) is 28.6 Å². The number of benzene rings is 1. The second kappa shape index (κ2) is 7.38. The third-order valence-electron chi connectivity index (χ3n) is 3.63. The third-order valence-corrected chi connectivity index (χ3v) is 6.68. The molecule has 7 nitrogen and oxygen atoms in total. The minimum atomic E-state index is -3.70. The van der Waals surface area contributed by atoms with Crippen LogP contribution >= 0.6 is 22.9 Å². The average molecular weight is 402 g/mol. The van der Waals surface area contributed by atoms with E-state index in [0.29, 0.717) is 18.3 Å². The normalized spacial score (nSPS) is 15.9. The molecule has 0 bridgehead atoms. The van der Waals surface area contributed by atoms with Crippen molar-refractivity contribution in [3.8, 4) is 0 Å². The molecule has 3 rings (SSSR count). The van der Waals surface area contributed by atoms with Crippen LogP contribution in [0.1, 0.15) is 15.2 Å².